The Bertz CT molecular complexity index is 204. The third-order valence-corrected chi connectivity index (χ3v) is 4.52. The van der Waals surface area contributed by atoms with Crippen molar-refractivity contribution in [2.45, 2.75) is 117 Å². The topological polar surface area (TPSA) is 29.5 Å². The van der Waals surface area contributed by atoms with Gasteiger partial charge in [-0.2, -0.15) is 0 Å². The zero-order valence-corrected chi connectivity index (χ0v) is 15.6. The molecule has 2 heteroatoms. The molecule has 2 nitrogen and oxygen atoms in total. The molecule has 0 rings (SSSR count). The molecule has 0 aliphatic heterocycles. The van der Waals surface area contributed by atoms with Crippen molar-refractivity contribution in [2.24, 2.45) is 5.92 Å². The predicted molar refractivity (Wildman–Crippen MR) is 97.1 cm³/mol. The van der Waals surface area contributed by atoms with Gasteiger partial charge in [-0.15, -0.1) is 0 Å². The van der Waals surface area contributed by atoms with E-state index in [1.165, 1.54) is 83.5 Å². The lowest BCUT2D eigenvalue weighted by Crippen LogP contribution is -2.09. The van der Waals surface area contributed by atoms with Crippen LogP contribution in [0.15, 0.2) is 0 Å². The summed E-state index contributed by atoms with van der Waals surface area (Å²) in [6.07, 6.45) is 18.8. The van der Waals surface area contributed by atoms with E-state index in [9.17, 15) is 0 Å². The fraction of sp³-hybridized carbons (Fsp3) is 1.00. The Morgan fingerprint density at radius 1 is 0.682 bits per heavy atom. The van der Waals surface area contributed by atoms with Gasteiger partial charge in [0.2, 0.25) is 0 Å². The van der Waals surface area contributed by atoms with Crippen LogP contribution in [0.5, 0.6) is 0 Å². The number of aliphatic hydroxyl groups is 1. The fourth-order valence-corrected chi connectivity index (χ4v) is 2.92. The molecule has 0 radical (unpaired) electrons. The van der Waals surface area contributed by atoms with E-state index in [0.717, 1.165) is 12.3 Å². The van der Waals surface area contributed by atoms with Gasteiger partial charge in [0.1, 0.15) is 0 Å². The molecule has 0 aromatic carbocycles. The van der Waals surface area contributed by atoms with Crippen molar-refractivity contribution in [1.82, 2.24) is 0 Å². The van der Waals surface area contributed by atoms with Crippen molar-refractivity contribution >= 4 is 0 Å². The van der Waals surface area contributed by atoms with Crippen molar-refractivity contribution < 1.29 is 9.84 Å². The van der Waals surface area contributed by atoms with Gasteiger partial charge in [-0.1, -0.05) is 97.3 Å². The van der Waals surface area contributed by atoms with Crippen molar-refractivity contribution in [1.29, 1.82) is 0 Å². The van der Waals surface area contributed by atoms with Crippen LogP contribution >= 0.6 is 0 Å². The number of aliphatic hydroxyl groups excluding tert-OH is 1. The van der Waals surface area contributed by atoms with E-state index in [-0.39, 0.29) is 0 Å². The van der Waals surface area contributed by atoms with Crippen LogP contribution in [0.1, 0.15) is 111 Å². The van der Waals surface area contributed by atoms with Crippen LogP contribution in [-0.2, 0) is 4.74 Å². The van der Waals surface area contributed by atoms with Crippen LogP contribution in [0.3, 0.4) is 0 Å². The molecule has 0 saturated heterocycles. The van der Waals surface area contributed by atoms with Crippen molar-refractivity contribution in [3.8, 4) is 0 Å². The lowest BCUT2D eigenvalue weighted by Gasteiger charge is -2.12. The minimum atomic E-state index is -0.612. The first-order chi connectivity index (χ1) is 10.7. The fourth-order valence-electron chi connectivity index (χ4n) is 2.92. The van der Waals surface area contributed by atoms with Gasteiger partial charge in [0.25, 0.3) is 0 Å². The second-order valence-corrected chi connectivity index (χ2v) is 7.04. The summed E-state index contributed by atoms with van der Waals surface area (Å²) in [5, 5.41) is 9.03. The zero-order valence-electron chi connectivity index (χ0n) is 15.6. The Morgan fingerprint density at radius 2 is 1.14 bits per heavy atom. The third-order valence-electron chi connectivity index (χ3n) is 4.52. The second kappa shape index (κ2) is 17.3. The van der Waals surface area contributed by atoms with E-state index in [4.69, 9.17) is 9.84 Å². The van der Waals surface area contributed by atoms with Gasteiger partial charge in [0.05, 0.1) is 0 Å². The summed E-state index contributed by atoms with van der Waals surface area (Å²) < 4.78 is 5.18. The maximum absolute atomic E-state index is 9.03. The van der Waals surface area contributed by atoms with E-state index in [1.807, 2.05) is 0 Å². The smallest absolute Gasteiger partial charge is 0.151 e. The average molecular weight is 315 g/mol. The normalized spacial score (nSPS) is 14.2. The summed E-state index contributed by atoms with van der Waals surface area (Å²) in [6.45, 7) is 6.95. The Morgan fingerprint density at radius 3 is 1.59 bits per heavy atom. The molecule has 0 fully saturated rings. The maximum Gasteiger partial charge on any atom is 0.151 e. The standard InChI is InChI=1S/C20H42O2/c1-4-5-6-7-8-9-10-11-12-13-14-15-16-19(2)17-18-22-20(3)21/h19-21H,4-18H2,1-3H3. The van der Waals surface area contributed by atoms with Crippen LogP contribution < -0.4 is 0 Å². The van der Waals surface area contributed by atoms with E-state index in [2.05, 4.69) is 13.8 Å². The Balaban J connectivity index is 3.10. The molecule has 0 spiro atoms. The summed E-state index contributed by atoms with van der Waals surface area (Å²) in [5.74, 6) is 0.724. The summed E-state index contributed by atoms with van der Waals surface area (Å²) in [6, 6.07) is 0. The highest BCUT2D eigenvalue weighted by atomic mass is 16.6. The number of ether oxygens (including phenoxy) is 1. The average Bonchev–Trinajstić information content (AvgIpc) is 2.48. The Kier molecular flexibility index (Phi) is 17.2. The molecule has 0 aromatic heterocycles. The molecule has 0 aliphatic carbocycles. The predicted octanol–water partition coefficient (Wildman–Crippen LogP) is 6.46. The Hall–Kier alpha value is -0.0800. The molecular weight excluding hydrogens is 272 g/mol. The third kappa shape index (κ3) is 18.0. The van der Waals surface area contributed by atoms with Crippen LogP contribution in [-0.4, -0.2) is 18.0 Å². The SMILES string of the molecule is CCCCCCCCCCCCCCC(C)CCOC(C)O. The summed E-state index contributed by atoms with van der Waals surface area (Å²) in [7, 11) is 0. The van der Waals surface area contributed by atoms with Gasteiger partial charge in [-0.05, 0) is 19.3 Å². The zero-order chi connectivity index (χ0) is 16.5. The molecule has 0 saturated carbocycles. The molecule has 2 atom stereocenters. The molecule has 0 heterocycles. The van der Waals surface area contributed by atoms with Crippen LogP contribution in [0.25, 0.3) is 0 Å². The lowest BCUT2D eigenvalue weighted by atomic mass is 9.99. The molecule has 0 amide bonds. The summed E-state index contributed by atoms with van der Waals surface area (Å²) >= 11 is 0. The van der Waals surface area contributed by atoms with Crippen LogP contribution in [0.4, 0.5) is 0 Å². The number of hydrogen-bond acceptors (Lipinski definition) is 2. The van der Waals surface area contributed by atoms with E-state index in [1.54, 1.807) is 6.92 Å². The van der Waals surface area contributed by atoms with E-state index in [0.29, 0.717) is 6.61 Å². The van der Waals surface area contributed by atoms with Crippen molar-refractivity contribution in [3.05, 3.63) is 0 Å². The highest BCUT2D eigenvalue weighted by Gasteiger charge is 2.03. The quantitative estimate of drug-likeness (QED) is 0.246. The van der Waals surface area contributed by atoms with Gasteiger partial charge >= 0.3 is 0 Å². The first-order valence-electron chi connectivity index (χ1n) is 9.96. The lowest BCUT2D eigenvalue weighted by molar-refractivity contribution is -0.0880. The van der Waals surface area contributed by atoms with Gasteiger partial charge < -0.3 is 9.84 Å². The van der Waals surface area contributed by atoms with E-state index < -0.39 is 6.29 Å². The molecule has 0 aliphatic rings. The number of rotatable bonds is 17. The maximum atomic E-state index is 9.03. The number of unbranched alkanes of at least 4 members (excludes halogenated alkanes) is 11. The first kappa shape index (κ1) is 21.9. The van der Waals surface area contributed by atoms with Gasteiger partial charge in [-0.3, -0.25) is 0 Å². The van der Waals surface area contributed by atoms with Crippen molar-refractivity contribution in [2.75, 3.05) is 6.61 Å². The minimum absolute atomic E-state index is 0.612. The van der Waals surface area contributed by atoms with Crippen molar-refractivity contribution in [3.63, 3.8) is 0 Å². The van der Waals surface area contributed by atoms with Crippen LogP contribution in [0.2, 0.25) is 0 Å². The molecular formula is C20H42O2. The van der Waals surface area contributed by atoms with E-state index >= 15 is 0 Å². The van der Waals surface area contributed by atoms with Gasteiger partial charge in [0.15, 0.2) is 6.29 Å². The second-order valence-electron chi connectivity index (χ2n) is 7.04. The van der Waals surface area contributed by atoms with Gasteiger partial charge in [0, 0.05) is 6.61 Å². The highest BCUT2D eigenvalue weighted by molar-refractivity contribution is 4.54. The molecule has 0 bridgehead atoms. The first-order valence-corrected chi connectivity index (χ1v) is 9.96. The summed E-state index contributed by atoms with van der Waals surface area (Å²) in [5.41, 5.74) is 0. The molecule has 0 aromatic rings. The number of hydrogen-bond donors (Lipinski definition) is 1. The Labute approximate surface area is 140 Å². The molecule has 134 valence electrons. The molecule has 22 heavy (non-hydrogen) atoms. The minimum Gasteiger partial charge on any atom is -0.368 e. The highest BCUT2D eigenvalue weighted by Crippen LogP contribution is 2.16. The van der Waals surface area contributed by atoms with Gasteiger partial charge in [-0.25, -0.2) is 0 Å². The molecule has 2 unspecified atom stereocenters. The largest absolute Gasteiger partial charge is 0.368 e. The monoisotopic (exact) mass is 314 g/mol. The van der Waals surface area contributed by atoms with Crippen LogP contribution in [0, 0.1) is 5.92 Å². The summed E-state index contributed by atoms with van der Waals surface area (Å²) in [4.78, 5) is 0. The molecule has 1 N–H and O–H groups in total.